The number of anilines is 1. The monoisotopic (exact) mass is 272 g/mol. The highest BCUT2D eigenvalue weighted by molar-refractivity contribution is 6.13. The molecule has 3 rings (SSSR count). The van der Waals surface area contributed by atoms with E-state index >= 15 is 0 Å². The van der Waals surface area contributed by atoms with E-state index in [4.69, 9.17) is 5.11 Å². The van der Waals surface area contributed by atoms with Gasteiger partial charge < -0.3 is 5.11 Å². The molecule has 20 heavy (non-hydrogen) atoms. The summed E-state index contributed by atoms with van der Waals surface area (Å²) in [6.45, 7) is 0. The average molecular weight is 272 g/mol. The Balaban J connectivity index is 1.87. The molecule has 0 saturated heterocycles. The average Bonchev–Trinajstić information content (AvgIpc) is 3.07. The van der Waals surface area contributed by atoms with Crippen molar-refractivity contribution in [1.29, 1.82) is 0 Å². The molecule has 0 radical (unpaired) electrons. The lowest BCUT2D eigenvalue weighted by atomic mass is 10.00. The molecule has 1 aromatic rings. The number of aromatic carboxylic acids is 1. The number of amides is 1. The third-order valence-electron chi connectivity index (χ3n) is 3.96. The number of hydrazone groups is 1. The van der Waals surface area contributed by atoms with E-state index in [1.807, 2.05) is 0 Å². The van der Waals surface area contributed by atoms with Crippen molar-refractivity contribution >= 4 is 23.3 Å². The first-order valence-electron chi connectivity index (χ1n) is 6.89. The zero-order valence-corrected chi connectivity index (χ0v) is 11.1. The molecule has 0 spiro atoms. The molecule has 1 aromatic carbocycles. The summed E-state index contributed by atoms with van der Waals surface area (Å²) in [5, 5.41) is 14.8. The van der Waals surface area contributed by atoms with E-state index in [1.165, 1.54) is 30.0 Å². The van der Waals surface area contributed by atoms with Gasteiger partial charge in [0.1, 0.15) is 0 Å². The van der Waals surface area contributed by atoms with E-state index in [1.54, 1.807) is 12.1 Å². The van der Waals surface area contributed by atoms with E-state index in [-0.39, 0.29) is 11.5 Å². The number of carboxylic acid groups (broad SMARTS) is 1. The van der Waals surface area contributed by atoms with Gasteiger partial charge in [0, 0.05) is 0 Å². The molecule has 0 atom stereocenters. The molecule has 1 fully saturated rings. The van der Waals surface area contributed by atoms with Crippen molar-refractivity contribution in [3.05, 3.63) is 29.8 Å². The maximum atomic E-state index is 12.1. The fourth-order valence-corrected chi connectivity index (χ4v) is 2.91. The van der Waals surface area contributed by atoms with Gasteiger partial charge in [-0.05, 0) is 37.0 Å². The lowest BCUT2D eigenvalue weighted by molar-refractivity contribution is -0.116. The standard InChI is InChI=1S/C15H16N2O3/c18-14-9-13(10-4-1-2-5-10)16-17(14)12-7-3-6-11(8-12)15(19)20/h3,6-8,10H,1-2,4-5,9H2,(H,19,20). The molecule has 0 aromatic heterocycles. The number of carbonyl (C=O) groups is 2. The highest BCUT2D eigenvalue weighted by atomic mass is 16.4. The molecule has 1 saturated carbocycles. The molecule has 1 aliphatic heterocycles. The molecule has 5 heteroatoms. The van der Waals surface area contributed by atoms with Gasteiger partial charge in [0.05, 0.1) is 23.4 Å². The van der Waals surface area contributed by atoms with E-state index in [2.05, 4.69) is 5.10 Å². The summed E-state index contributed by atoms with van der Waals surface area (Å²) in [6.07, 6.45) is 4.98. The summed E-state index contributed by atoms with van der Waals surface area (Å²) in [5.74, 6) is -0.653. The van der Waals surface area contributed by atoms with E-state index in [0.29, 0.717) is 18.0 Å². The zero-order valence-electron chi connectivity index (χ0n) is 11.1. The number of carboxylic acids is 1. The molecule has 0 unspecified atom stereocenters. The number of hydrogen-bond acceptors (Lipinski definition) is 3. The van der Waals surface area contributed by atoms with Crippen LogP contribution in [0.2, 0.25) is 0 Å². The number of hydrogen-bond donors (Lipinski definition) is 1. The lowest BCUT2D eigenvalue weighted by Gasteiger charge is -2.12. The van der Waals surface area contributed by atoms with E-state index in [0.717, 1.165) is 18.6 Å². The maximum absolute atomic E-state index is 12.1. The van der Waals surface area contributed by atoms with Crippen LogP contribution in [0.1, 0.15) is 42.5 Å². The summed E-state index contributed by atoms with van der Waals surface area (Å²) in [5.41, 5.74) is 1.65. The van der Waals surface area contributed by atoms with Crippen LogP contribution in [-0.4, -0.2) is 22.7 Å². The predicted octanol–water partition coefficient (Wildman–Crippen LogP) is 2.67. The summed E-state index contributed by atoms with van der Waals surface area (Å²) in [4.78, 5) is 23.1. The highest BCUT2D eigenvalue weighted by Crippen LogP contribution is 2.31. The minimum absolute atomic E-state index is 0.0746. The quantitative estimate of drug-likeness (QED) is 0.919. The van der Waals surface area contributed by atoms with Crippen LogP contribution in [0.15, 0.2) is 29.4 Å². The smallest absolute Gasteiger partial charge is 0.335 e. The van der Waals surface area contributed by atoms with Crippen molar-refractivity contribution in [1.82, 2.24) is 0 Å². The van der Waals surface area contributed by atoms with Crippen molar-refractivity contribution in [3.8, 4) is 0 Å². The summed E-state index contributed by atoms with van der Waals surface area (Å²) in [7, 11) is 0. The first-order valence-corrected chi connectivity index (χ1v) is 6.89. The van der Waals surface area contributed by atoms with Gasteiger partial charge in [-0.25, -0.2) is 9.80 Å². The van der Waals surface area contributed by atoms with Crippen LogP contribution in [0.5, 0.6) is 0 Å². The van der Waals surface area contributed by atoms with Gasteiger partial charge in [-0.3, -0.25) is 4.79 Å². The van der Waals surface area contributed by atoms with Gasteiger partial charge in [-0.2, -0.15) is 5.10 Å². The summed E-state index contributed by atoms with van der Waals surface area (Å²) in [6, 6.07) is 6.34. The van der Waals surface area contributed by atoms with Gasteiger partial charge >= 0.3 is 5.97 Å². The Morgan fingerprint density at radius 2 is 2.05 bits per heavy atom. The second-order valence-corrected chi connectivity index (χ2v) is 5.31. The minimum atomic E-state index is -1.00. The van der Waals surface area contributed by atoms with Crippen LogP contribution in [0.25, 0.3) is 0 Å². The molecular formula is C15H16N2O3. The Bertz CT molecular complexity index is 589. The highest BCUT2D eigenvalue weighted by Gasteiger charge is 2.31. The largest absolute Gasteiger partial charge is 0.478 e. The third kappa shape index (κ3) is 2.31. The molecule has 1 amide bonds. The van der Waals surface area contributed by atoms with Crippen molar-refractivity contribution in [2.45, 2.75) is 32.1 Å². The molecule has 1 N–H and O–H groups in total. The first kappa shape index (κ1) is 12.8. The predicted molar refractivity (Wildman–Crippen MR) is 74.9 cm³/mol. The third-order valence-corrected chi connectivity index (χ3v) is 3.96. The SMILES string of the molecule is O=C(O)c1cccc(N2N=C(C3CCCC3)CC2=O)c1. The summed E-state index contributed by atoms with van der Waals surface area (Å²) >= 11 is 0. The molecule has 5 nitrogen and oxygen atoms in total. The van der Waals surface area contributed by atoms with Crippen LogP contribution >= 0.6 is 0 Å². The second kappa shape index (κ2) is 5.07. The van der Waals surface area contributed by atoms with Crippen LogP contribution in [0.4, 0.5) is 5.69 Å². The normalized spacial score (nSPS) is 19.5. The van der Waals surface area contributed by atoms with Crippen LogP contribution in [-0.2, 0) is 4.79 Å². The number of benzene rings is 1. The Morgan fingerprint density at radius 3 is 2.75 bits per heavy atom. The lowest BCUT2D eigenvalue weighted by Crippen LogP contribution is -2.19. The Labute approximate surface area is 116 Å². The number of carbonyl (C=O) groups excluding carboxylic acids is 1. The number of rotatable bonds is 3. The van der Waals surface area contributed by atoms with Gasteiger partial charge in [0.25, 0.3) is 5.91 Å². The van der Waals surface area contributed by atoms with E-state index in [9.17, 15) is 9.59 Å². The minimum Gasteiger partial charge on any atom is -0.478 e. The Kier molecular flexibility index (Phi) is 3.26. The molecule has 1 aliphatic carbocycles. The summed E-state index contributed by atoms with van der Waals surface area (Å²) < 4.78 is 0. The zero-order chi connectivity index (χ0) is 14.1. The van der Waals surface area contributed by atoms with Crippen molar-refractivity contribution in [2.24, 2.45) is 11.0 Å². The number of nitrogens with zero attached hydrogens (tertiary/aromatic N) is 2. The first-order chi connectivity index (χ1) is 9.65. The topological polar surface area (TPSA) is 70.0 Å². The molecule has 1 heterocycles. The van der Waals surface area contributed by atoms with Crippen LogP contribution in [0, 0.1) is 5.92 Å². The van der Waals surface area contributed by atoms with Gasteiger partial charge in [0.2, 0.25) is 0 Å². The van der Waals surface area contributed by atoms with Gasteiger partial charge in [-0.1, -0.05) is 18.9 Å². The Hall–Kier alpha value is -2.17. The van der Waals surface area contributed by atoms with E-state index < -0.39 is 5.97 Å². The van der Waals surface area contributed by atoms with Gasteiger partial charge in [-0.15, -0.1) is 0 Å². The molecule has 0 bridgehead atoms. The molecule has 2 aliphatic rings. The molecule has 104 valence electrons. The van der Waals surface area contributed by atoms with Crippen molar-refractivity contribution in [2.75, 3.05) is 5.01 Å². The Morgan fingerprint density at radius 1 is 1.30 bits per heavy atom. The fourth-order valence-electron chi connectivity index (χ4n) is 2.91. The van der Waals surface area contributed by atoms with Crippen molar-refractivity contribution < 1.29 is 14.7 Å². The maximum Gasteiger partial charge on any atom is 0.335 e. The fraction of sp³-hybridized carbons (Fsp3) is 0.400. The second-order valence-electron chi connectivity index (χ2n) is 5.31. The van der Waals surface area contributed by atoms with Crippen LogP contribution < -0.4 is 5.01 Å². The van der Waals surface area contributed by atoms with Crippen molar-refractivity contribution in [3.63, 3.8) is 0 Å². The van der Waals surface area contributed by atoms with Crippen LogP contribution in [0.3, 0.4) is 0 Å². The molecular weight excluding hydrogens is 256 g/mol. The van der Waals surface area contributed by atoms with Gasteiger partial charge in [0.15, 0.2) is 0 Å².